The minimum Gasteiger partial charge on any atom is -0.308 e. The van der Waals surface area contributed by atoms with E-state index in [1.807, 2.05) is 0 Å². The number of rotatable bonds is 2. The average molecular weight is 250 g/mol. The number of hydrogen-bond donors (Lipinski definition) is 4. The molecule has 0 saturated heterocycles. The fraction of sp³-hybridized carbons (Fsp3) is 0.400. The van der Waals surface area contributed by atoms with Crippen molar-refractivity contribution in [3.8, 4) is 0 Å². The molecule has 1 aliphatic carbocycles. The van der Waals surface area contributed by atoms with Crippen LogP contribution in [0.4, 0.5) is 11.8 Å². The van der Waals surface area contributed by atoms with Crippen molar-refractivity contribution in [2.24, 2.45) is 11.7 Å². The summed E-state index contributed by atoms with van der Waals surface area (Å²) < 4.78 is 0. The number of hydrazine groups is 2. The largest absolute Gasteiger partial charge is 0.308 e. The van der Waals surface area contributed by atoms with Crippen LogP contribution in [0.15, 0.2) is 0 Å². The van der Waals surface area contributed by atoms with E-state index in [2.05, 4.69) is 20.8 Å². The molecule has 6 nitrogen and oxygen atoms in total. The molecule has 0 aromatic carbocycles. The lowest BCUT2D eigenvalue weighted by atomic mass is 9.97. The predicted octanol–water partition coefficient (Wildman–Crippen LogP) is 1.14. The number of aryl methyl sites for hydroxylation is 2. The Morgan fingerprint density at radius 3 is 2.65 bits per heavy atom. The molecule has 0 bridgehead atoms. The Kier molecular flexibility index (Phi) is 2.58. The molecule has 0 fully saturated rings. The zero-order valence-corrected chi connectivity index (χ0v) is 10.1. The number of nitrogens with two attached hydrogens (primary N) is 2. The van der Waals surface area contributed by atoms with Crippen molar-refractivity contribution in [3.05, 3.63) is 10.4 Å². The number of nitrogen functional groups attached to an aromatic ring is 2. The number of thiophene rings is 1. The van der Waals surface area contributed by atoms with E-state index in [1.165, 1.54) is 23.3 Å². The molecule has 7 heteroatoms. The molecule has 0 atom stereocenters. The summed E-state index contributed by atoms with van der Waals surface area (Å²) in [7, 11) is 0. The summed E-state index contributed by atoms with van der Waals surface area (Å²) in [6.07, 6.45) is 4.69. The summed E-state index contributed by atoms with van der Waals surface area (Å²) in [6.45, 7) is 0. The van der Waals surface area contributed by atoms with Crippen LogP contribution in [0.25, 0.3) is 10.2 Å². The van der Waals surface area contributed by atoms with Gasteiger partial charge in [-0.15, -0.1) is 11.3 Å². The van der Waals surface area contributed by atoms with Crippen molar-refractivity contribution < 1.29 is 0 Å². The number of anilines is 2. The van der Waals surface area contributed by atoms with Crippen LogP contribution in [-0.4, -0.2) is 9.97 Å². The average Bonchev–Trinajstić information content (AvgIpc) is 2.75. The number of fused-ring (bicyclic) bond motifs is 3. The molecule has 3 rings (SSSR count). The van der Waals surface area contributed by atoms with Crippen molar-refractivity contribution >= 4 is 33.3 Å². The Labute approximate surface area is 102 Å². The van der Waals surface area contributed by atoms with Gasteiger partial charge in [-0.1, -0.05) is 0 Å². The summed E-state index contributed by atoms with van der Waals surface area (Å²) >= 11 is 1.72. The summed E-state index contributed by atoms with van der Waals surface area (Å²) in [5, 5.41) is 1.06. The maximum Gasteiger partial charge on any atom is 0.240 e. The number of nitrogens with one attached hydrogen (secondary N) is 2. The topological polar surface area (TPSA) is 102 Å². The Balaban J connectivity index is 2.29. The van der Waals surface area contributed by atoms with Crippen molar-refractivity contribution in [3.63, 3.8) is 0 Å². The van der Waals surface area contributed by atoms with Crippen LogP contribution in [0.5, 0.6) is 0 Å². The SMILES string of the molecule is NNc1nc(NN)c2c3c(sc2n1)CCCC3. The molecule has 0 aliphatic heterocycles. The summed E-state index contributed by atoms with van der Waals surface area (Å²) in [6, 6.07) is 0. The highest BCUT2D eigenvalue weighted by molar-refractivity contribution is 7.19. The highest BCUT2D eigenvalue weighted by Gasteiger charge is 2.20. The van der Waals surface area contributed by atoms with Gasteiger partial charge in [0.15, 0.2) is 5.82 Å². The smallest absolute Gasteiger partial charge is 0.240 e. The van der Waals surface area contributed by atoms with E-state index in [9.17, 15) is 0 Å². The van der Waals surface area contributed by atoms with Gasteiger partial charge in [0.1, 0.15) is 4.83 Å². The third kappa shape index (κ3) is 1.63. The van der Waals surface area contributed by atoms with Gasteiger partial charge < -0.3 is 5.43 Å². The normalized spacial score (nSPS) is 14.7. The third-order valence-electron chi connectivity index (χ3n) is 3.08. The van der Waals surface area contributed by atoms with Gasteiger partial charge in [-0.25, -0.2) is 16.7 Å². The first kappa shape index (κ1) is 10.7. The van der Waals surface area contributed by atoms with Crippen LogP contribution in [0.3, 0.4) is 0 Å². The van der Waals surface area contributed by atoms with Crippen molar-refractivity contribution in [2.75, 3.05) is 10.9 Å². The lowest BCUT2D eigenvalue weighted by Crippen LogP contribution is -2.14. The molecule has 2 heterocycles. The van der Waals surface area contributed by atoms with E-state index >= 15 is 0 Å². The fourth-order valence-corrected chi connectivity index (χ4v) is 3.59. The second-order valence-electron chi connectivity index (χ2n) is 4.08. The lowest BCUT2D eigenvalue weighted by Gasteiger charge is -2.11. The quantitative estimate of drug-likeness (QED) is 0.471. The van der Waals surface area contributed by atoms with Crippen LogP contribution >= 0.6 is 11.3 Å². The maximum absolute atomic E-state index is 5.53. The molecular formula is C10H14N6S. The van der Waals surface area contributed by atoms with Crippen LogP contribution in [0.2, 0.25) is 0 Å². The lowest BCUT2D eigenvalue weighted by molar-refractivity contribution is 0.700. The molecule has 90 valence electrons. The minimum atomic E-state index is 0.393. The first-order valence-electron chi connectivity index (χ1n) is 5.59. The molecule has 1 aliphatic rings. The molecule has 0 saturated carbocycles. The van der Waals surface area contributed by atoms with Gasteiger partial charge in [-0.05, 0) is 31.2 Å². The summed E-state index contributed by atoms with van der Waals surface area (Å²) in [5.74, 6) is 11.9. The van der Waals surface area contributed by atoms with Gasteiger partial charge in [0.25, 0.3) is 0 Å². The van der Waals surface area contributed by atoms with Crippen molar-refractivity contribution in [1.29, 1.82) is 0 Å². The molecule has 17 heavy (non-hydrogen) atoms. The summed E-state index contributed by atoms with van der Waals surface area (Å²) in [5.41, 5.74) is 6.46. The first-order valence-corrected chi connectivity index (χ1v) is 6.40. The van der Waals surface area contributed by atoms with Crippen LogP contribution in [-0.2, 0) is 12.8 Å². The van der Waals surface area contributed by atoms with E-state index in [1.54, 1.807) is 11.3 Å². The molecule has 6 N–H and O–H groups in total. The Hall–Kier alpha value is -1.44. The third-order valence-corrected chi connectivity index (χ3v) is 4.27. The highest BCUT2D eigenvalue weighted by atomic mass is 32.1. The highest BCUT2D eigenvalue weighted by Crippen LogP contribution is 2.38. The minimum absolute atomic E-state index is 0.393. The van der Waals surface area contributed by atoms with Gasteiger partial charge in [0.05, 0.1) is 5.39 Å². The van der Waals surface area contributed by atoms with Gasteiger partial charge in [-0.2, -0.15) is 4.98 Å². The molecular weight excluding hydrogens is 236 g/mol. The van der Waals surface area contributed by atoms with Crippen molar-refractivity contribution in [1.82, 2.24) is 9.97 Å². The maximum atomic E-state index is 5.53. The Morgan fingerprint density at radius 2 is 1.88 bits per heavy atom. The van der Waals surface area contributed by atoms with Crippen molar-refractivity contribution in [2.45, 2.75) is 25.7 Å². The van der Waals surface area contributed by atoms with Gasteiger partial charge in [0, 0.05) is 4.88 Å². The van der Waals surface area contributed by atoms with E-state index < -0.39 is 0 Å². The molecule has 2 aromatic rings. The Morgan fingerprint density at radius 1 is 1.06 bits per heavy atom. The predicted molar refractivity (Wildman–Crippen MR) is 69.7 cm³/mol. The van der Waals surface area contributed by atoms with Crippen LogP contribution < -0.4 is 22.5 Å². The zero-order valence-electron chi connectivity index (χ0n) is 9.29. The zero-order chi connectivity index (χ0) is 11.8. The van der Waals surface area contributed by atoms with Crippen LogP contribution in [0, 0.1) is 0 Å². The second-order valence-corrected chi connectivity index (χ2v) is 5.16. The molecule has 0 amide bonds. The Bertz CT molecular complexity index is 563. The van der Waals surface area contributed by atoms with E-state index in [0.29, 0.717) is 11.8 Å². The van der Waals surface area contributed by atoms with E-state index in [-0.39, 0.29) is 0 Å². The first-order chi connectivity index (χ1) is 8.33. The molecule has 0 radical (unpaired) electrons. The standard InChI is InChI=1S/C10H14N6S/c11-15-8-7-5-3-1-2-4-6(5)17-9(7)14-10(13-8)16-12/h1-4,11-12H2,(H2,13,14,15,16). The fourth-order valence-electron chi connectivity index (χ4n) is 2.33. The van der Waals surface area contributed by atoms with Gasteiger partial charge in [0.2, 0.25) is 5.95 Å². The monoisotopic (exact) mass is 250 g/mol. The van der Waals surface area contributed by atoms with Gasteiger partial charge in [-0.3, -0.25) is 5.43 Å². The summed E-state index contributed by atoms with van der Waals surface area (Å²) in [4.78, 5) is 11.0. The number of hydrogen-bond acceptors (Lipinski definition) is 7. The number of nitrogens with zero attached hydrogens (tertiary/aromatic N) is 2. The van der Waals surface area contributed by atoms with E-state index in [0.717, 1.165) is 23.1 Å². The number of aromatic nitrogens is 2. The molecule has 0 unspecified atom stereocenters. The van der Waals surface area contributed by atoms with Gasteiger partial charge >= 0.3 is 0 Å². The van der Waals surface area contributed by atoms with E-state index in [4.69, 9.17) is 11.7 Å². The molecule has 0 spiro atoms. The molecule has 2 aromatic heterocycles. The second kappa shape index (κ2) is 4.10. The van der Waals surface area contributed by atoms with Crippen LogP contribution in [0.1, 0.15) is 23.3 Å².